The van der Waals surface area contributed by atoms with Crippen LogP contribution < -0.4 is 0 Å². The van der Waals surface area contributed by atoms with Gasteiger partial charge in [0.15, 0.2) is 5.78 Å². The highest BCUT2D eigenvalue weighted by molar-refractivity contribution is 6.09. The first-order chi connectivity index (χ1) is 7.86. The molecule has 0 radical (unpaired) electrons. The van der Waals surface area contributed by atoms with E-state index in [2.05, 4.69) is 0 Å². The molecule has 1 aromatic carbocycles. The summed E-state index contributed by atoms with van der Waals surface area (Å²) in [6.07, 6.45) is 0.812. The smallest absolute Gasteiger partial charge is 0.170 e. The van der Waals surface area contributed by atoms with Gasteiger partial charge in [0.05, 0.1) is 6.42 Å². The molecule has 0 spiro atoms. The van der Waals surface area contributed by atoms with Gasteiger partial charge in [-0.3, -0.25) is 9.59 Å². The molecule has 0 aliphatic heterocycles. The lowest BCUT2D eigenvalue weighted by Crippen LogP contribution is -2.23. The molecule has 0 heterocycles. The van der Waals surface area contributed by atoms with Crippen molar-refractivity contribution in [2.75, 3.05) is 0 Å². The van der Waals surface area contributed by atoms with Gasteiger partial charge in [-0.25, -0.2) is 0 Å². The Labute approximate surface area is 103 Å². The molecule has 0 bridgehead atoms. The van der Waals surface area contributed by atoms with Crippen LogP contribution in [0, 0.1) is 5.41 Å². The van der Waals surface area contributed by atoms with Gasteiger partial charge < -0.3 is 0 Å². The summed E-state index contributed by atoms with van der Waals surface area (Å²) in [6.45, 7) is 7.54. The van der Waals surface area contributed by atoms with Crippen LogP contribution in [-0.4, -0.2) is 11.6 Å². The highest BCUT2D eigenvalue weighted by Crippen LogP contribution is 2.19. The zero-order valence-electron chi connectivity index (χ0n) is 11.0. The summed E-state index contributed by atoms with van der Waals surface area (Å²) < 4.78 is 0. The summed E-state index contributed by atoms with van der Waals surface area (Å²) in [5.41, 5.74) is 1.25. The van der Waals surface area contributed by atoms with Gasteiger partial charge >= 0.3 is 0 Å². The molecule has 17 heavy (non-hydrogen) atoms. The molecule has 0 amide bonds. The molecule has 0 atom stereocenters. The minimum atomic E-state index is -0.448. The first kappa shape index (κ1) is 13.6. The topological polar surface area (TPSA) is 34.1 Å². The molecule has 0 saturated carbocycles. The highest BCUT2D eigenvalue weighted by Gasteiger charge is 2.24. The summed E-state index contributed by atoms with van der Waals surface area (Å²) in [6, 6.07) is 7.50. The molecular weight excluding hydrogens is 212 g/mol. The third kappa shape index (κ3) is 3.52. The Hall–Kier alpha value is -1.44. The standard InChI is InChI=1S/C15H20O2/c1-5-11-8-6-7-9-12(11)13(16)10-14(17)15(2,3)4/h6-9H,5,10H2,1-4H3. The molecule has 0 N–H and O–H groups in total. The fourth-order valence-electron chi connectivity index (χ4n) is 1.61. The van der Waals surface area contributed by atoms with Crippen LogP contribution in [0.15, 0.2) is 24.3 Å². The third-order valence-electron chi connectivity index (χ3n) is 2.86. The van der Waals surface area contributed by atoms with E-state index in [9.17, 15) is 9.59 Å². The van der Waals surface area contributed by atoms with E-state index in [1.807, 2.05) is 45.9 Å². The van der Waals surface area contributed by atoms with E-state index in [0.29, 0.717) is 5.56 Å². The minimum Gasteiger partial charge on any atom is -0.299 e. The van der Waals surface area contributed by atoms with Crippen LogP contribution in [0.25, 0.3) is 0 Å². The predicted molar refractivity (Wildman–Crippen MR) is 69.2 cm³/mol. The molecule has 0 unspecified atom stereocenters. The van der Waals surface area contributed by atoms with Gasteiger partial charge in [-0.05, 0) is 12.0 Å². The number of hydrogen-bond donors (Lipinski definition) is 0. The number of carbonyl (C=O) groups is 2. The SMILES string of the molecule is CCc1ccccc1C(=O)CC(=O)C(C)(C)C. The Balaban J connectivity index is 2.88. The van der Waals surface area contributed by atoms with Gasteiger partial charge in [0.25, 0.3) is 0 Å². The maximum atomic E-state index is 12.1. The van der Waals surface area contributed by atoms with Crippen LogP contribution in [0.2, 0.25) is 0 Å². The van der Waals surface area contributed by atoms with Crippen LogP contribution in [0.5, 0.6) is 0 Å². The number of ketones is 2. The zero-order valence-corrected chi connectivity index (χ0v) is 11.0. The van der Waals surface area contributed by atoms with Gasteiger partial charge in [-0.1, -0.05) is 52.0 Å². The molecule has 2 heteroatoms. The van der Waals surface area contributed by atoms with Crippen LogP contribution in [-0.2, 0) is 11.2 Å². The van der Waals surface area contributed by atoms with Crippen LogP contribution in [0.3, 0.4) is 0 Å². The quantitative estimate of drug-likeness (QED) is 0.588. The fraction of sp³-hybridized carbons (Fsp3) is 0.467. The van der Waals surface area contributed by atoms with Crippen LogP contribution in [0.4, 0.5) is 0 Å². The van der Waals surface area contributed by atoms with Gasteiger partial charge in [-0.2, -0.15) is 0 Å². The van der Waals surface area contributed by atoms with E-state index in [0.717, 1.165) is 12.0 Å². The zero-order chi connectivity index (χ0) is 13.1. The first-order valence-corrected chi connectivity index (χ1v) is 6.00. The van der Waals surface area contributed by atoms with Crippen molar-refractivity contribution < 1.29 is 9.59 Å². The van der Waals surface area contributed by atoms with Crippen LogP contribution >= 0.6 is 0 Å². The largest absolute Gasteiger partial charge is 0.299 e. The van der Waals surface area contributed by atoms with Crippen molar-refractivity contribution in [3.05, 3.63) is 35.4 Å². The number of benzene rings is 1. The van der Waals surface area contributed by atoms with Crippen molar-refractivity contribution in [1.29, 1.82) is 0 Å². The Morgan fingerprint density at radius 2 is 1.71 bits per heavy atom. The molecule has 0 aliphatic rings. The third-order valence-corrected chi connectivity index (χ3v) is 2.86. The molecule has 2 nitrogen and oxygen atoms in total. The molecule has 1 rings (SSSR count). The van der Waals surface area contributed by atoms with Gasteiger partial charge in [-0.15, -0.1) is 0 Å². The van der Waals surface area contributed by atoms with Crippen LogP contribution in [0.1, 0.15) is 50.0 Å². The molecule has 0 fully saturated rings. The van der Waals surface area contributed by atoms with Crippen molar-refractivity contribution in [1.82, 2.24) is 0 Å². The first-order valence-electron chi connectivity index (χ1n) is 6.00. The summed E-state index contributed by atoms with van der Waals surface area (Å²) >= 11 is 0. The van der Waals surface area contributed by atoms with Crippen molar-refractivity contribution in [3.8, 4) is 0 Å². The Morgan fingerprint density at radius 1 is 1.12 bits per heavy atom. The average Bonchev–Trinajstić information content (AvgIpc) is 2.27. The second-order valence-electron chi connectivity index (χ2n) is 5.28. The van der Waals surface area contributed by atoms with E-state index >= 15 is 0 Å². The summed E-state index contributed by atoms with van der Waals surface area (Å²) in [5, 5.41) is 0. The second kappa shape index (κ2) is 5.26. The number of rotatable bonds is 4. The van der Waals surface area contributed by atoms with E-state index in [-0.39, 0.29) is 18.0 Å². The molecule has 0 aliphatic carbocycles. The Bertz CT molecular complexity index is 425. The average molecular weight is 232 g/mol. The van der Waals surface area contributed by atoms with E-state index < -0.39 is 5.41 Å². The second-order valence-corrected chi connectivity index (χ2v) is 5.28. The van der Waals surface area contributed by atoms with Gasteiger partial charge in [0, 0.05) is 11.0 Å². The lowest BCUT2D eigenvalue weighted by Gasteiger charge is -2.16. The molecule has 92 valence electrons. The van der Waals surface area contributed by atoms with Crippen molar-refractivity contribution in [2.45, 2.75) is 40.5 Å². The number of Topliss-reactive ketones (excluding diaryl/α,β-unsaturated/α-hetero) is 2. The summed E-state index contributed by atoms with van der Waals surface area (Å²) in [5.74, 6) is -0.0734. The van der Waals surface area contributed by atoms with E-state index in [4.69, 9.17) is 0 Å². The molecule has 1 aromatic rings. The molecule has 0 saturated heterocycles. The maximum Gasteiger partial charge on any atom is 0.170 e. The molecular formula is C15H20O2. The summed E-state index contributed by atoms with van der Waals surface area (Å²) in [7, 11) is 0. The minimum absolute atomic E-state index is 0.000509. The number of carbonyl (C=O) groups excluding carboxylic acids is 2. The Morgan fingerprint density at radius 3 is 2.24 bits per heavy atom. The maximum absolute atomic E-state index is 12.1. The number of aryl methyl sites for hydroxylation is 1. The fourth-order valence-corrected chi connectivity index (χ4v) is 1.61. The van der Waals surface area contributed by atoms with Gasteiger partial charge in [0.2, 0.25) is 0 Å². The van der Waals surface area contributed by atoms with Crippen molar-refractivity contribution in [3.63, 3.8) is 0 Å². The predicted octanol–water partition coefficient (Wildman–Crippen LogP) is 3.44. The van der Waals surface area contributed by atoms with E-state index in [1.165, 1.54) is 0 Å². The monoisotopic (exact) mass is 232 g/mol. The lowest BCUT2D eigenvalue weighted by molar-refractivity contribution is -0.125. The molecule has 0 aromatic heterocycles. The lowest BCUT2D eigenvalue weighted by atomic mass is 9.86. The Kier molecular flexibility index (Phi) is 4.22. The normalized spacial score (nSPS) is 11.3. The van der Waals surface area contributed by atoms with Gasteiger partial charge in [0.1, 0.15) is 5.78 Å². The van der Waals surface area contributed by atoms with Crippen molar-refractivity contribution >= 4 is 11.6 Å². The number of hydrogen-bond acceptors (Lipinski definition) is 2. The highest BCUT2D eigenvalue weighted by atomic mass is 16.1. The summed E-state index contributed by atoms with van der Waals surface area (Å²) in [4.78, 5) is 23.9. The van der Waals surface area contributed by atoms with E-state index in [1.54, 1.807) is 6.07 Å². The van der Waals surface area contributed by atoms with Crippen molar-refractivity contribution in [2.24, 2.45) is 5.41 Å².